The van der Waals surface area contributed by atoms with Crippen LogP contribution in [0, 0.1) is 0 Å². The number of anilines is 2. The fraction of sp³-hybridized carbons (Fsp3) is 0.0541. The minimum atomic E-state index is -1.22. The van der Waals surface area contributed by atoms with Crippen LogP contribution in [0.5, 0.6) is 0 Å². The molecule has 6 heteroatoms. The van der Waals surface area contributed by atoms with E-state index in [0.29, 0.717) is 0 Å². The van der Waals surface area contributed by atoms with Crippen molar-refractivity contribution in [2.45, 2.75) is 13.1 Å². The summed E-state index contributed by atoms with van der Waals surface area (Å²) in [6.45, 7) is 3.59. The van der Waals surface area contributed by atoms with Gasteiger partial charge in [0, 0.05) is 49.3 Å². The molecule has 390 valence electrons. The number of hydrogen-bond donors (Lipinski definition) is 0. The van der Waals surface area contributed by atoms with Gasteiger partial charge in [0.1, 0.15) is 12.3 Å². The summed E-state index contributed by atoms with van der Waals surface area (Å²) in [5.41, 5.74) is 15.8. The van der Waals surface area contributed by atoms with Crippen molar-refractivity contribution >= 4 is 67.4 Å². The molecule has 0 fully saturated rings. The van der Waals surface area contributed by atoms with E-state index in [1.807, 2.05) is 0 Å². The van der Waals surface area contributed by atoms with E-state index in [-0.39, 0.29) is 0 Å². The van der Waals surface area contributed by atoms with Crippen molar-refractivity contribution in [1.82, 2.24) is 9.80 Å². The van der Waals surface area contributed by atoms with E-state index in [9.17, 15) is 0 Å². The quantitative estimate of drug-likeness (QED) is 0.101. The van der Waals surface area contributed by atoms with Crippen molar-refractivity contribution in [3.8, 4) is 0 Å². The predicted octanol–water partition coefficient (Wildman–Crippen LogP) is 11.3. The topological polar surface area (TPSA) is 13.0 Å². The zero-order valence-corrected chi connectivity index (χ0v) is 45.3. The molecule has 0 aliphatic carbocycles. The van der Waals surface area contributed by atoms with Crippen LogP contribution in [0.1, 0.15) is 11.1 Å². The van der Waals surface area contributed by atoms with Gasteiger partial charge in [-0.3, -0.25) is 0 Å². The Hall–Kier alpha value is -9.77. The summed E-state index contributed by atoms with van der Waals surface area (Å²) < 4.78 is 0. The Labute approximate surface area is 474 Å². The highest BCUT2D eigenvalue weighted by atomic mass is 15.4. The zero-order chi connectivity index (χ0) is 54.1. The van der Waals surface area contributed by atoms with Gasteiger partial charge in [-0.1, -0.05) is 309 Å². The lowest BCUT2D eigenvalue weighted by Gasteiger charge is -2.44. The average Bonchev–Trinajstić information content (AvgIpc) is 4.24. The van der Waals surface area contributed by atoms with Crippen LogP contribution in [0.2, 0.25) is 0 Å². The van der Waals surface area contributed by atoms with Gasteiger partial charge in [0.05, 0.1) is 13.3 Å². The summed E-state index contributed by atoms with van der Waals surface area (Å²) in [4.78, 5) is 9.26. The first-order chi connectivity index (χ1) is 39.7. The maximum atomic E-state index is 2.33. The first kappa shape index (κ1) is 52.3. The highest BCUT2D eigenvalue weighted by Crippen LogP contribution is 2.28. The molecule has 2 aliphatic rings. The summed E-state index contributed by atoms with van der Waals surface area (Å²) >= 11 is 0. The number of benzene rings is 11. The van der Waals surface area contributed by atoms with Crippen LogP contribution in [0.3, 0.4) is 0 Å². The maximum absolute atomic E-state index is 2.33. The predicted molar refractivity (Wildman–Crippen MR) is 344 cm³/mol. The Bertz CT molecular complexity index is 3080. The number of nitrogens with zero attached hydrogens (tertiary/aromatic N) is 4. The number of rotatable bonds is 14. The third-order valence-electron chi connectivity index (χ3n) is 15.9. The normalized spacial score (nSPS) is 12.8. The first-order valence-electron chi connectivity index (χ1n) is 28.0. The van der Waals surface area contributed by atoms with Gasteiger partial charge in [-0.25, -0.2) is 0 Å². The van der Waals surface area contributed by atoms with Crippen LogP contribution in [-0.4, -0.2) is 35.4 Å². The summed E-state index contributed by atoms with van der Waals surface area (Å²) in [5, 5.41) is 0. The lowest BCUT2D eigenvalue weighted by molar-refractivity contribution is 0.399. The van der Waals surface area contributed by atoms with Crippen molar-refractivity contribution in [3.05, 3.63) is 364 Å². The van der Waals surface area contributed by atoms with E-state index in [1.165, 1.54) is 66.2 Å². The van der Waals surface area contributed by atoms with E-state index < -0.39 is 12.3 Å². The van der Waals surface area contributed by atoms with Crippen molar-refractivity contribution < 1.29 is 0 Å². The molecule has 4 nitrogen and oxygen atoms in total. The zero-order valence-electron chi connectivity index (χ0n) is 45.3. The molecule has 2 aliphatic heterocycles. The molecule has 0 amide bonds. The van der Waals surface area contributed by atoms with Crippen LogP contribution in [0.25, 0.3) is 0 Å². The van der Waals surface area contributed by atoms with Crippen molar-refractivity contribution in [2.75, 3.05) is 23.1 Å². The molecule has 0 aromatic heterocycles. The Kier molecular flexibility index (Phi) is 16.7. The van der Waals surface area contributed by atoms with Gasteiger partial charge in [0.15, 0.2) is 0 Å². The van der Waals surface area contributed by atoms with E-state index in [4.69, 9.17) is 0 Å². The molecule has 0 unspecified atom stereocenters. The highest BCUT2D eigenvalue weighted by Gasteiger charge is 2.32. The summed E-state index contributed by atoms with van der Waals surface area (Å²) in [6.07, 6.45) is 6.26. The van der Waals surface area contributed by atoms with Gasteiger partial charge in [0.25, 0.3) is 0 Å². The fourth-order valence-corrected chi connectivity index (χ4v) is 12.2. The van der Waals surface area contributed by atoms with E-state index in [0.717, 1.165) is 26.4 Å². The Morgan fingerprint density at radius 2 is 0.438 bits per heavy atom. The van der Waals surface area contributed by atoms with Gasteiger partial charge < -0.3 is 19.6 Å². The van der Waals surface area contributed by atoms with Crippen LogP contribution in [0.15, 0.2) is 352 Å². The van der Waals surface area contributed by atoms with Gasteiger partial charge in [-0.15, -0.1) is 0 Å². The Balaban J connectivity index is 0.000000127. The molecule has 0 saturated carbocycles. The molecule has 2 heterocycles. The lowest BCUT2D eigenvalue weighted by Crippen LogP contribution is -2.74. The van der Waals surface area contributed by atoms with E-state index in [2.05, 4.69) is 372 Å². The van der Waals surface area contributed by atoms with Crippen LogP contribution in [-0.2, 0) is 13.1 Å². The minimum absolute atomic E-state index is 0.869. The van der Waals surface area contributed by atoms with Crippen LogP contribution >= 0.6 is 0 Å². The van der Waals surface area contributed by atoms with Crippen molar-refractivity contribution in [1.29, 1.82) is 0 Å². The van der Waals surface area contributed by atoms with Crippen molar-refractivity contribution in [2.24, 2.45) is 0 Å². The van der Waals surface area contributed by atoms with Gasteiger partial charge in [-0.2, -0.15) is 43.7 Å². The van der Waals surface area contributed by atoms with Crippen LogP contribution < -0.4 is 53.5 Å². The monoisotopic (exact) mass is 1030 g/mol. The third-order valence-corrected chi connectivity index (χ3v) is 15.9. The Morgan fingerprint density at radius 1 is 0.225 bits per heavy atom. The van der Waals surface area contributed by atoms with E-state index in [1.54, 1.807) is 0 Å². The molecule has 11 aromatic rings. The molecule has 80 heavy (non-hydrogen) atoms. The maximum Gasteiger partial charge on any atom is 0.108 e. The van der Waals surface area contributed by atoms with Gasteiger partial charge in [-0.05, 0) is 29.3 Å². The summed E-state index contributed by atoms with van der Waals surface area (Å²) in [6, 6.07) is 117. The second-order valence-electron chi connectivity index (χ2n) is 20.8. The largest absolute Gasteiger partial charge is 0.354 e. The van der Waals surface area contributed by atoms with E-state index >= 15 is 0 Å². The van der Waals surface area contributed by atoms with Crippen LogP contribution in [0.4, 0.5) is 11.4 Å². The average molecular weight is 1030 g/mol. The molecule has 0 saturated heterocycles. The first-order valence-corrected chi connectivity index (χ1v) is 28.0. The molecule has 0 atom stereocenters. The third kappa shape index (κ3) is 11.7. The molecule has 0 bridgehead atoms. The minimum Gasteiger partial charge on any atom is -0.354 e. The molecule has 0 spiro atoms. The van der Waals surface area contributed by atoms with Gasteiger partial charge >= 0.3 is 0 Å². The molecule has 13 rings (SSSR count). The second-order valence-corrected chi connectivity index (χ2v) is 20.8. The molecular formula is C74H66B2N4-2. The molecular weight excluding hydrogens is 966 g/mol. The summed E-state index contributed by atoms with van der Waals surface area (Å²) in [5.74, 6) is 0. The highest BCUT2D eigenvalue weighted by molar-refractivity contribution is 7.20. The fourth-order valence-electron chi connectivity index (χ4n) is 12.2. The molecule has 0 N–H and O–H groups in total. The number of hydrogen-bond acceptors (Lipinski definition) is 4. The molecule has 11 aromatic carbocycles. The lowest BCUT2D eigenvalue weighted by atomic mass is 9.13. The van der Waals surface area contributed by atoms with Crippen molar-refractivity contribution in [3.63, 3.8) is 0 Å². The van der Waals surface area contributed by atoms with Gasteiger partial charge in [0.2, 0.25) is 0 Å². The SMILES string of the molecule is C1=CN(c2cccc(N3C=CN(Cc4ccccc4)C3)c2)CN1Cc1ccccc1.c1ccc([B-](c2ccccc2)(c2ccccc2)c2ccccc2)cc1.c1ccc([B-](c2ccccc2)(c2ccccc2)c2ccccc2)cc1. The Morgan fingerprint density at radius 3 is 0.662 bits per heavy atom. The standard InChI is InChI=1S/C26H26N4.2C24H20B/c1-3-8-23(9-4-1)19-27-14-16-29(21-27)25-12-7-13-26(18-25)30-17-15-28(22-30)20-24-10-5-2-6-11-24;2*1-5-13-21(14-6-1)25(22-15-7-2-8-16-22,23-17-9-3-10-18-23)24-19-11-4-12-20-24/h1-18H,19-22H2;2*1-20H/q;2*-1. The second kappa shape index (κ2) is 25.6. The molecule has 0 radical (unpaired) electrons. The summed E-state index contributed by atoms with van der Waals surface area (Å²) in [7, 11) is 0. The smallest absolute Gasteiger partial charge is 0.108 e.